The number of esters is 1. The Labute approximate surface area is 150 Å². The summed E-state index contributed by atoms with van der Waals surface area (Å²) >= 11 is 0. The van der Waals surface area contributed by atoms with Crippen molar-refractivity contribution in [1.82, 2.24) is 15.4 Å². The molecule has 0 atom stereocenters. The van der Waals surface area contributed by atoms with Crippen molar-refractivity contribution in [2.75, 3.05) is 19.7 Å². The predicted molar refractivity (Wildman–Crippen MR) is 92.5 cm³/mol. The van der Waals surface area contributed by atoms with Gasteiger partial charge in [-0.2, -0.15) is 4.72 Å². The van der Waals surface area contributed by atoms with Crippen LogP contribution in [0, 0.1) is 12.3 Å². The zero-order chi connectivity index (χ0) is 19.6. The van der Waals surface area contributed by atoms with Gasteiger partial charge in [-0.3, -0.25) is 10.1 Å². The number of hydrogen-bond donors (Lipinski definition) is 3. The first-order valence-electron chi connectivity index (χ1n) is 7.19. The van der Waals surface area contributed by atoms with Crippen molar-refractivity contribution in [3.05, 3.63) is 42.5 Å². The molecule has 3 N–H and O–H groups in total. The molecule has 138 valence electrons. The van der Waals surface area contributed by atoms with Crippen molar-refractivity contribution in [3.8, 4) is 12.3 Å². The molecule has 0 spiro atoms. The van der Waals surface area contributed by atoms with Crippen molar-refractivity contribution in [3.63, 3.8) is 0 Å². The van der Waals surface area contributed by atoms with Crippen LogP contribution in [-0.2, 0) is 19.6 Å². The van der Waals surface area contributed by atoms with E-state index in [1.807, 2.05) is 5.32 Å². The summed E-state index contributed by atoms with van der Waals surface area (Å²) in [7, 11) is -3.88. The van der Waals surface area contributed by atoms with E-state index in [9.17, 15) is 22.8 Å². The Morgan fingerprint density at radius 3 is 2.69 bits per heavy atom. The highest BCUT2D eigenvalue weighted by atomic mass is 32.2. The van der Waals surface area contributed by atoms with Crippen LogP contribution in [0.15, 0.2) is 41.8 Å². The first kappa shape index (κ1) is 20.9. The number of sulfonamides is 1. The molecule has 0 unspecified atom stereocenters. The maximum Gasteiger partial charge on any atom is 0.338 e. The molecule has 0 fully saturated rings. The van der Waals surface area contributed by atoms with Crippen molar-refractivity contribution >= 4 is 27.9 Å². The molecule has 0 saturated carbocycles. The Morgan fingerprint density at radius 2 is 2.04 bits per heavy atom. The highest BCUT2D eigenvalue weighted by molar-refractivity contribution is 7.89. The molecule has 26 heavy (non-hydrogen) atoms. The van der Waals surface area contributed by atoms with Crippen LogP contribution in [0.25, 0.3) is 0 Å². The minimum absolute atomic E-state index is 0.0857. The van der Waals surface area contributed by atoms with Crippen LogP contribution in [0.3, 0.4) is 0 Å². The Balaban J connectivity index is 2.67. The largest absolute Gasteiger partial charge is 0.452 e. The van der Waals surface area contributed by atoms with E-state index in [-0.39, 0.29) is 23.5 Å². The van der Waals surface area contributed by atoms with Crippen LogP contribution in [0.5, 0.6) is 0 Å². The van der Waals surface area contributed by atoms with E-state index in [0.29, 0.717) is 0 Å². The lowest BCUT2D eigenvalue weighted by molar-refractivity contribution is -0.123. The third kappa shape index (κ3) is 6.76. The number of urea groups is 1. The smallest absolute Gasteiger partial charge is 0.338 e. The van der Waals surface area contributed by atoms with Gasteiger partial charge in [-0.15, -0.1) is 13.0 Å². The monoisotopic (exact) mass is 379 g/mol. The zero-order valence-electron chi connectivity index (χ0n) is 13.7. The number of amides is 3. The Bertz CT molecular complexity index is 842. The molecule has 0 aliphatic rings. The third-order valence-corrected chi connectivity index (χ3v) is 4.14. The Kier molecular flexibility index (Phi) is 8.01. The highest BCUT2D eigenvalue weighted by Crippen LogP contribution is 2.12. The van der Waals surface area contributed by atoms with Gasteiger partial charge in [-0.1, -0.05) is 18.1 Å². The molecule has 10 heteroatoms. The van der Waals surface area contributed by atoms with E-state index in [1.165, 1.54) is 24.3 Å². The lowest BCUT2D eigenvalue weighted by atomic mass is 10.2. The molecule has 0 bridgehead atoms. The summed E-state index contributed by atoms with van der Waals surface area (Å²) in [5.74, 6) is 0.350. The van der Waals surface area contributed by atoms with Gasteiger partial charge in [0.1, 0.15) is 0 Å². The van der Waals surface area contributed by atoms with E-state index in [4.69, 9.17) is 11.2 Å². The SMILES string of the molecule is C#CCNS(=O)(=O)c1cccc(C(=O)OCC(=O)NC(=O)NCC=C)c1. The van der Waals surface area contributed by atoms with Gasteiger partial charge in [0.25, 0.3) is 5.91 Å². The second-order valence-corrected chi connectivity index (χ2v) is 6.45. The molecule has 0 aliphatic heterocycles. The summed E-state index contributed by atoms with van der Waals surface area (Å²) in [6, 6.07) is 4.24. The molecule has 0 saturated heterocycles. The normalized spacial score (nSPS) is 10.3. The second kappa shape index (κ2) is 9.97. The van der Waals surface area contributed by atoms with E-state index in [0.717, 1.165) is 6.07 Å². The summed E-state index contributed by atoms with van der Waals surface area (Å²) < 4.78 is 30.8. The topological polar surface area (TPSA) is 131 Å². The molecular weight excluding hydrogens is 362 g/mol. The summed E-state index contributed by atoms with van der Waals surface area (Å²) in [5, 5.41) is 4.25. The average Bonchev–Trinajstić information content (AvgIpc) is 2.62. The summed E-state index contributed by atoms with van der Waals surface area (Å²) in [6.07, 6.45) is 6.42. The van der Waals surface area contributed by atoms with Gasteiger partial charge < -0.3 is 10.1 Å². The summed E-state index contributed by atoms with van der Waals surface area (Å²) in [6.45, 7) is 2.63. The molecule has 0 radical (unpaired) electrons. The minimum atomic E-state index is -3.88. The first-order valence-corrected chi connectivity index (χ1v) is 8.67. The van der Waals surface area contributed by atoms with Crippen molar-refractivity contribution < 1.29 is 27.5 Å². The Morgan fingerprint density at radius 1 is 1.31 bits per heavy atom. The van der Waals surface area contributed by atoms with Crippen molar-refractivity contribution in [1.29, 1.82) is 0 Å². The maximum absolute atomic E-state index is 12.0. The van der Waals surface area contributed by atoms with Crippen LogP contribution in [0.2, 0.25) is 0 Å². The molecule has 0 aromatic heterocycles. The van der Waals surface area contributed by atoms with E-state index in [2.05, 4.69) is 22.5 Å². The first-order chi connectivity index (χ1) is 12.3. The number of carbonyl (C=O) groups is 3. The fourth-order valence-electron chi connectivity index (χ4n) is 1.60. The number of rotatable bonds is 8. The van der Waals surface area contributed by atoms with Gasteiger partial charge in [0.15, 0.2) is 6.61 Å². The maximum atomic E-state index is 12.0. The third-order valence-electron chi connectivity index (χ3n) is 2.74. The quantitative estimate of drug-likeness (QED) is 0.325. The fraction of sp³-hybridized carbons (Fsp3) is 0.188. The van der Waals surface area contributed by atoms with Crippen molar-refractivity contribution in [2.24, 2.45) is 0 Å². The van der Waals surface area contributed by atoms with Crippen LogP contribution >= 0.6 is 0 Å². The number of hydrogen-bond acceptors (Lipinski definition) is 6. The minimum Gasteiger partial charge on any atom is -0.452 e. The number of nitrogens with one attached hydrogen (secondary N) is 3. The molecule has 9 nitrogen and oxygen atoms in total. The summed E-state index contributed by atoms with van der Waals surface area (Å²) in [5.41, 5.74) is -0.0857. The molecule has 0 heterocycles. The van der Waals surface area contributed by atoms with Gasteiger partial charge >= 0.3 is 12.0 Å². The van der Waals surface area contributed by atoms with Crippen LogP contribution in [0.1, 0.15) is 10.4 Å². The molecule has 0 aliphatic carbocycles. The standard InChI is InChI=1S/C16H17N3O6S/c1-3-8-17-16(22)19-14(20)11-25-15(21)12-6-5-7-13(10-12)26(23,24)18-9-4-2/h2-3,5-7,10,18H,1,8-9,11H2,(H2,17,19,20,22). The molecule has 1 aromatic carbocycles. The van der Waals surface area contributed by atoms with E-state index < -0.39 is 34.5 Å². The van der Waals surface area contributed by atoms with Crippen LogP contribution in [0.4, 0.5) is 4.79 Å². The molecule has 3 amide bonds. The van der Waals surface area contributed by atoms with Gasteiger partial charge in [0.2, 0.25) is 10.0 Å². The van der Waals surface area contributed by atoms with Gasteiger partial charge in [-0.05, 0) is 18.2 Å². The number of imide groups is 1. The van der Waals surface area contributed by atoms with Crippen LogP contribution in [-0.4, -0.2) is 46.0 Å². The number of carbonyl (C=O) groups excluding carboxylic acids is 3. The van der Waals surface area contributed by atoms with Gasteiger partial charge in [-0.25, -0.2) is 18.0 Å². The predicted octanol–water partition coefficient (Wildman–Crippen LogP) is -0.233. The van der Waals surface area contributed by atoms with E-state index in [1.54, 1.807) is 0 Å². The molecule has 1 rings (SSSR count). The Hall–Kier alpha value is -3.16. The fourth-order valence-corrected chi connectivity index (χ4v) is 2.58. The zero-order valence-corrected chi connectivity index (χ0v) is 14.5. The molecule has 1 aromatic rings. The van der Waals surface area contributed by atoms with Gasteiger partial charge in [0, 0.05) is 6.54 Å². The highest BCUT2D eigenvalue weighted by Gasteiger charge is 2.17. The lowest BCUT2D eigenvalue weighted by Gasteiger charge is -2.08. The number of ether oxygens (including phenoxy) is 1. The van der Waals surface area contributed by atoms with E-state index >= 15 is 0 Å². The van der Waals surface area contributed by atoms with Gasteiger partial charge in [0.05, 0.1) is 17.0 Å². The average molecular weight is 379 g/mol. The van der Waals surface area contributed by atoms with Crippen LogP contribution < -0.4 is 15.4 Å². The van der Waals surface area contributed by atoms with Crippen molar-refractivity contribution in [2.45, 2.75) is 4.90 Å². The summed E-state index contributed by atoms with van der Waals surface area (Å²) in [4.78, 5) is 34.5. The molecular formula is C16H17N3O6S. The number of terminal acetylenes is 1. The number of benzene rings is 1. The second-order valence-electron chi connectivity index (χ2n) is 4.68. The lowest BCUT2D eigenvalue weighted by Crippen LogP contribution is -2.41.